The lowest BCUT2D eigenvalue weighted by molar-refractivity contribution is 0.000475. The van der Waals surface area contributed by atoms with Crippen molar-refractivity contribution in [3.63, 3.8) is 0 Å². The van der Waals surface area contributed by atoms with Gasteiger partial charge in [-0.15, -0.1) is 0 Å². The van der Waals surface area contributed by atoms with E-state index in [0.717, 1.165) is 0 Å². The monoisotopic (exact) mass is 161 g/mol. The van der Waals surface area contributed by atoms with Crippen LogP contribution in [0.2, 0.25) is 0 Å². The van der Waals surface area contributed by atoms with Crippen molar-refractivity contribution in [1.29, 1.82) is 0 Å². The maximum absolute atomic E-state index is 9.34. The quantitative estimate of drug-likeness (QED) is 0.390. The number of rotatable bonds is 2. The average Bonchev–Trinajstić information content (AvgIpc) is 2.30. The summed E-state index contributed by atoms with van der Waals surface area (Å²) in [6.07, 6.45) is -0.885. The lowest BCUT2D eigenvalue weighted by Crippen LogP contribution is -2.38. The molecule has 0 aromatic carbocycles. The van der Waals surface area contributed by atoms with Gasteiger partial charge < -0.3 is 20.6 Å². The van der Waals surface area contributed by atoms with Gasteiger partial charge in [0.05, 0.1) is 12.2 Å². The second-order valence-corrected chi connectivity index (χ2v) is 3.05. The molecule has 0 heterocycles. The van der Waals surface area contributed by atoms with Crippen LogP contribution in [0.15, 0.2) is 0 Å². The predicted octanol–water partition coefficient (Wildman–Crippen LogP) is -1.69. The first-order valence-corrected chi connectivity index (χ1v) is 3.85. The van der Waals surface area contributed by atoms with Crippen molar-refractivity contribution in [3.8, 4) is 0 Å². The van der Waals surface area contributed by atoms with Crippen LogP contribution < -0.4 is 5.32 Å². The number of hydrogen-bond donors (Lipinski definition) is 4. The highest BCUT2D eigenvalue weighted by Gasteiger charge is 2.39. The SMILES string of the molecule is CNC1CC(CO)C(O)C1O. The van der Waals surface area contributed by atoms with Crippen molar-refractivity contribution >= 4 is 0 Å². The fourth-order valence-electron chi connectivity index (χ4n) is 1.59. The van der Waals surface area contributed by atoms with Crippen LogP contribution in [-0.4, -0.2) is 47.2 Å². The minimum Gasteiger partial charge on any atom is -0.396 e. The zero-order chi connectivity index (χ0) is 8.43. The highest BCUT2D eigenvalue weighted by molar-refractivity contribution is 4.94. The smallest absolute Gasteiger partial charge is 0.0955 e. The number of nitrogens with one attached hydrogen (secondary N) is 1. The molecule has 4 N–H and O–H groups in total. The summed E-state index contributed by atoms with van der Waals surface area (Å²) in [5.74, 6) is -0.178. The summed E-state index contributed by atoms with van der Waals surface area (Å²) < 4.78 is 0. The van der Waals surface area contributed by atoms with Gasteiger partial charge in [-0.2, -0.15) is 0 Å². The standard InChI is InChI=1S/C7H15NO3/c1-8-5-2-4(3-9)6(10)7(5)11/h4-11H,2-3H2,1H3. The fraction of sp³-hybridized carbons (Fsp3) is 1.00. The minimum atomic E-state index is -0.780. The topological polar surface area (TPSA) is 72.7 Å². The van der Waals surface area contributed by atoms with Crippen LogP contribution in [0.5, 0.6) is 0 Å². The number of hydrogen-bond acceptors (Lipinski definition) is 4. The van der Waals surface area contributed by atoms with E-state index in [1.807, 2.05) is 0 Å². The Hall–Kier alpha value is -0.160. The third-order valence-electron chi connectivity index (χ3n) is 2.41. The first kappa shape index (κ1) is 8.93. The van der Waals surface area contributed by atoms with E-state index in [0.29, 0.717) is 6.42 Å². The Balaban J connectivity index is 2.53. The molecule has 0 saturated heterocycles. The first-order chi connectivity index (χ1) is 5.20. The molecule has 0 radical (unpaired) electrons. The van der Waals surface area contributed by atoms with Crippen molar-refractivity contribution in [2.45, 2.75) is 24.7 Å². The Morgan fingerprint density at radius 1 is 1.36 bits per heavy atom. The molecule has 1 aliphatic rings. The van der Waals surface area contributed by atoms with Crippen LogP contribution in [0.25, 0.3) is 0 Å². The van der Waals surface area contributed by atoms with E-state index in [9.17, 15) is 10.2 Å². The zero-order valence-corrected chi connectivity index (χ0v) is 6.57. The van der Waals surface area contributed by atoms with E-state index < -0.39 is 12.2 Å². The molecule has 0 spiro atoms. The summed E-state index contributed by atoms with van der Waals surface area (Å²) in [4.78, 5) is 0. The third-order valence-corrected chi connectivity index (χ3v) is 2.41. The molecule has 4 atom stereocenters. The van der Waals surface area contributed by atoms with E-state index in [4.69, 9.17) is 5.11 Å². The lowest BCUT2D eigenvalue weighted by atomic mass is 10.1. The van der Waals surface area contributed by atoms with Crippen LogP contribution in [0.4, 0.5) is 0 Å². The van der Waals surface area contributed by atoms with Crippen LogP contribution in [-0.2, 0) is 0 Å². The van der Waals surface area contributed by atoms with Crippen LogP contribution >= 0.6 is 0 Å². The van der Waals surface area contributed by atoms with Gasteiger partial charge in [-0.25, -0.2) is 0 Å². The Morgan fingerprint density at radius 3 is 2.27 bits per heavy atom. The molecule has 0 aromatic rings. The summed E-state index contributed by atoms with van der Waals surface area (Å²) >= 11 is 0. The van der Waals surface area contributed by atoms with E-state index in [1.54, 1.807) is 7.05 Å². The molecule has 4 nitrogen and oxygen atoms in total. The molecule has 4 unspecified atom stereocenters. The summed E-state index contributed by atoms with van der Waals surface area (Å²) in [5.41, 5.74) is 0. The molecule has 0 amide bonds. The van der Waals surface area contributed by atoms with Crippen LogP contribution in [0, 0.1) is 5.92 Å². The second-order valence-electron chi connectivity index (χ2n) is 3.05. The summed E-state index contributed by atoms with van der Waals surface area (Å²) in [6, 6.07) is -0.0813. The van der Waals surface area contributed by atoms with Gasteiger partial charge in [0.1, 0.15) is 0 Å². The summed E-state index contributed by atoms with van der Waals surface area (Å²) in [5, 5.41) is 30.3. The minimum absolute atomic E-state index is 0.0591. The Morgan fingerprint density at radius 2 is 2.00 bits per heavy atom. The molecule has 0 aliphatic heterocycles. The average molecular weight is 161 g/mol. The molecule has 4 heteroatoms. The highest BCUT2D eigenvalue weighted by atomic mass is 16.3. The van der Waals surface area contributed by atoms with Crippen LogP contribution in [0.1, 0.15) is 6.42 Å². The van der Waals surface area contributed by atoms with Gasteiger partial charge in [-0.3, -0.25) is 0 Å². The third kappa shape index (κ3) is 1.54. The van der Waals surface area contributed by atoms with Crippen molar-refractivity contribution < 1.29 is 15.3 Å². The lowest BCUT2D eigenvalue weighted by Gasteiger charge is -2.15. The number of likely N-dealkylation sites (N-methyl/N-ethyl adjacent to an activating group) is 1. The molecule has 1 aliphatic carbocycles. The molecule has 1 fully saturated rings. The maximum Gasteiger partial charge on any atom is 0.0955 e. The van der Waals surface area contributed by atoms with Crippen molar-refractivity contribution in [2.24, 2.45) is 5.92 Å². The largest absolute Gasteiger partial charge is 0.396 e. The van der Waals surface area contributed by atoms with Gasteiger partial charge in [0.25, 0.3) is 0 Å². The van der Waals surface area contributed by atoms with Gasteiger partial charge in [-0.1, -0.05) is 0 Å². The van der Waals surface area contributed by atoms with Crippen LogP contribution in [0.3, 0.4) is 0 Å². The van der Waals surface area contributed by atoms with Gasteiger partial charge in [0.15, 0.2) is 0 Å². The summed E-state index contributed by atoms with van der Waals surface area (Å²) in [6.45, 7) is -0.0591. The van der Waals surface area contributed by atoms with Gasteiger partial charge >= 0.3 is 0 Å². The molecular formula is C7H15NO3. The molecule has 66 valence electrons. The fourth-order valence-corrected chi connectivity index (χ4v) is 1.59. The highest BCUT2D eigenvalue weighted by Crippen LogP contribution is 2.25. The van der Waals surface area contributed by atoms with E-state index in [1.165, 1.54) is 0 Å². The number of aliphatic hydroxyl groups is 3. The first-order valence-electron chi connectivity index (χ1n) is 3.85. The van der Waals surface area contributed by atoms with Crippen molar-refractivity contribution in [1.82, 2.24) is 5.32 Å². The number of aliphatic hydroxyl groups excluding tert-OH is 3. The molecule has 0 aromatic heterocycles. The molecular weight excluding hydrogens is 146 g/mol. The van der Waals surface area contributed by atoms with E-state index in [-0.39, 0.29) is 18.6 Å². The molecule has 1 rings (SSSR count). The van der Waals surface area contributed by atoms with Gasteiger partial charge in [0.2, 0.25) is 0 Å². The Labute approximate surface area is 65.9 Å². The van der Waals surface area contributed by atoms with E-state index in [2.05, 4.69) is 5.32 Å². The van der Waals surface area contributed by atoms with Gasteiger partial charge in [-0.05, 0) is 13.5 Å². The Kier molecular flexibility index (Phi) is 2.84. The van der Waals surface area contributed by atoms with E-state index >= 15 is 0 Å². The summed E-state index contributed by atoms with van der Waals surface area (Å²) in [7, 11) is 1.74. The molecule has 0 bridgehead atoms. The van der Waals surface area contributed by atoms with Crippen molar-refractivity contribution in [2.75, 3.05) is 13.7 Å². The second kappa shape index (κ2) is 3.49. The Bertz CT molecular complexity index is 113. The van der Waals surface area contributed by atoms with Crippen molar-refractivity contribution in [3.05, 3.63) is 0 Å². The molecule has 11 heavy (non-hydrogen) atoms. The predicted molar refractivity (Wildman–Crippen MR) is 40.1 cm³/mol. The van der Waals surface area contributed by atoms with Gasteiger partial charge in [0, 0.05) is 18.6 Å². The molecule has 1 saturated carbocycles. The normalized spacial score (nSPS) is 44.7. The maximum atomic E-state index is 9.34. The zero-order valence-electron chi connectivity index (χ0n) is 6.57.